The standard InChI is InChI=1S/C24H26N4O3S/c1-16-6-8-18(9-7-16)25-22(29)15-32-24-26-21-10-11-28(14-20(21)23(30)27-24)13-17-4-3-5-19(12-17)31-2/h3-9,12H,10-11,13-15H2,1-2H3,(H,25,29)(H,26,27,30). The van der Waals surface area contributed by atoms with Gasteiger partial charge in [0.05, 0.1) is 24.1 Å². The number of benzene rings is 2. The summed E-state index contributed by atoms with van der Waals surface area (Å²) in [7, 11) is 1.66. The molecule has 0 radical (unpaired) electrons. The van der Waals surface area contributed by atoms with Crippen LogP contribution in [0.5, 0.6) is 5.75 Å². The Morgan fingerprint density at radius 3 is 2.84 bits per heavy atom. The maximum atomic E-state index is 12.7. The number of carbonyl (C=O) groups excluding carboxylic acids is 1. The van der Waals surface area contributed by atoms with Gasteiger partial charge in [-0.3, -0.25) is 14.5 Å². The number of aromatic amines is 1. The summed E-state index contributed by atoms with van der Waals surface area (Å²) >= 11 is 1.24. The number of hydrogen-bond acceptors (Lipinski definition) is 6. The largest absolute Gasteiger partial charge is 0.497 e. The topological polar surface area (TPSA) is 87.3 Å². The van der Waals surface area contributed by atoms with E-state index in [4.69, 9.17) is 4.74 Å². The smallest absolute Gasteiger partial charge is 0.256 e. The third kappa shape index (κ3) is 5.57. The molecule has 1 aromatic heterocycles. The number of aryl methyl sites for hydroxylation is 1. The molecule has 0 saturated heterocycles. The Balaban J connectivity index is 1.36. The van der Waals surface area contributed by atoms with E-state index in [-0.39, 0.29) is 17.2 Å². The zero-order valence-corrected chi connectivity index (χ0v) is 19.0. The Morgan fingerprint density at radius 1 is 1.25 bits per heavy atom. The fourth-order valence-corrected chi connectivity index (χ4v) is 4.34. The lowest BCUT2D eigenvalue weighted by Gasteiger charge is -2.27. The lowest BCUT2D eigenvalue weighted by atomic mass is 10.1. The number of H-pyrrole nitrogens is 1. The molecule has 1 amide bonds. The highest BCUT2D eigenvalue weighted by Gasteiger charge is 2.21. The number of aromatic nitrogens is 2. The number of fused-ring (bicyclic) bond motifs is 1. The third-order valence-corrected chi connectivity index (χ3v) is 6.21. The second kappa shape index (κ2) is 10.0. The highest BCUT2D eigenvalue weighted by Crippen LogP contribution is 2.21. The first-order valence-electron chi connectivity index (χ1n) is 10.5. The van der Waals surface area contributed by atoms with Crippen LogP contribution in [0.25, 0.3) is 0 Å². The molecule has 2 aromatic carbocycles. The molecule has 0 unspecified atom stereocenters. The number of carbonyl (C=O) groups is 1. The van der Waals surface area contributed by atoms with Gasteiger partial charge in [0.1, 0.15) is 5.75 Å². The lowest BCUT2D eigenvalue weighted by Crippen LogP contribution is -2.35. The lowest BCUT2D eigenvalue weighted by molar-refractivity contribution is -0.113. The molecule has 32 heavy (non-hydrogen) atoms. The van der Waals surface area contributed by atoms with Crippen molar-refractivity contribution in [3.8, 4) is 5.75 Å². The molecule has 7 nitrogen and oxygen atoms in total. The summed E-state index contributed by atoms with van der Waals surface area (Å²) in [4.78, 5) is 34.6. The summed E-state index contributed by atoms with van der Waals surface area (Å²) in [6.07, 6.45) is 0.701. The maximum absolute atomic E-state index is 12.7. The van der Waals surface area contributed by atoms with Crippen LogP contribution in [0.1, 0.15) is 22.4 Å². The average molecular weight is 451 g/mol. The summed E-state index contributed by atoms with van der Waals surface area (Å²) in [5.41, 5.74) is 4.42. The maximum Gasteiger partial charge on any atom is 0.256 e. The molecular weight excluding hydrogens is 424 g/mol. The van der Waals surface area contributed by atoms with Crippen LogP contribution in [0.15, 0.2) is 58.5 Å². The Morgan fingerprint density at radius 2 is 2.06 bits per heavy atom. The van der Waals surface area contributed by atoms with Crippen LogP contribution < -0.4 is 15.6 Å². The van der Waals surface area contributed by atoms with E-state index in [0.717, 1.165) is 41.3 Å². The highest BCUT2D eigenvalue weighted by atomic mass is 32.2. The summed E-state index contributed by atoms with van der Waals surface area (Å²) in [6.45, 7) is 4.11. The van der Waals surface area contributed by atoms with Crippen molar-refractivity contribution in [1.29, 1.82) is 0 Å². The molecule has 0 spiro atoms. The molecule has 0 aliphatic carbocycles. The van der Waals surface area contributed by atoms with Crippen LogP contribution in [-0.4, -0.2) is 40.2 Å². The summed E-state index contributed by atoms with van der Waals surface area (Å²) in [5.74, 6) is 0.869. The van der Waals surface area contributed by atoms with E-state index in [1.807, 2.05) is 49.4 Å². The van der Waals surface area contributed by atoms with Crippen LogP contribution >= 0.6 is 11.8 Å². The van der Waals surface area contributed by atoms with Gasteiger partial charge in [-0.15, -0.1) is 0 Å². The number of nitrogens with one attached hydrogen (secondary N) is 2. The van der Waals surface area contributed by atoms with Crippen molar-refractivity contribution in [2.24, 2.45) is 0 Å². The molecule has 166 valence electrons. The van der Waals surface area contributed by atoms with E-state index in [1.54, 1.807) is 7.11 Å². The number of anilines is 1. The van der Waals surface area contributed by atoms with E-state index < -0.39 is 0 Å². The number of ether oxygens (including phenoxy) is 1. The van der Waals surface area contributed by atoms with Gasteiger partial charge < -0.3 is 15.0 Å². The second-order valence-corrected chi connectivity index (χ2v) is 8.78. The van der Waals surface area contributed by atoms with Crippen molar-refractivity contribution in [1.82, 2.24) is 14.9 Å². The van der Waals surface area contributed by atoms with Gasteiger partial charge in [0, 0.05) is 31.7 Å². The number of thioether (sulfide) groups is 1. The van der Waals surface area contributed by atoms with Gasteiger partial charge in [0.15, 0.2) is 5.16 Å². The molecule has 8 heteroatoms. The molecule has 0 saturated carbocycles. The molecule has 1 aliphatic rings. The second-order valence-electron chi connectivity index (χ2n) is 7.81. The first kappa shape index (κ1) is 22.1. The van der Waals surface area contributed by atoms with Crippen molar-refractivity contribution in [2.75, 3.05) is 24.7 Å². The van der Waals surface area contributed by atoms with Crippen LogP contribution in [0.4, 0.5) is 5.69 Å². The summed E-state index contributed by atoms with van der Waals surface area (Å²) in [5, 5.41) is 3.34. The first-order chi connectivity index (χ1) is 15.5. The molecule has 0 fully saturated rings. The van der Waals surface area contributed by atoms with Crippen LogP contribution in [0, 0.1) is 6.92 Å². The third-order valence-electron chi connectivity index (χ3n) is 5.34. The molecule has 3 aromatic rings. The quantitative estimate of drug-likeness (QED) is 0.424. The fraction of sp³-hybridized carbons (Fsp3) is 0.292. The number of rotatable bonds is 7. The van der Waals surface area contributed by atoms with Gasteiger partial charge in [0.2, 0.25) is 5.91 Å². The van der Waals surface area contributed by atoms with Crippen molar-refractivity contribution < 1.29 is 9.53 Å². The van der Waals surface area contributed by atoms with Gasteiger partial charge in [-0.1, -0.05) is 41.6 Å². The molecule has 1 aliphatic heterocycles. The highest BCUT2D eigenvalue weighted by molar-refractivity contribution is 7.99. The number of nitrogens with zero attached hydrogens (tertiary/aromatic N) is 2. The predicted molar refractivity (Wildman–Crippen MR) is 126 cm³/mol. The Labute approximate surface area is 191 Å². The van der Waals surface area contributed by atoms with E-state index in [9.17, 15) is 9.59 Å². The molecule has 4 rings (SSSR count). The normalized spacial score (nSPS) is 13.4. The van der Waals surface area contributed by atoms with Gasteiger partial charge in [0.25, 0.3) is 5.56 Å². The van der Waals surface area contributed by atoms with Gasteiger partial charge >= 0.3 is 0 Å². The molecule has 2 heterocycles. The van der Waals surface area contributed by atoms with E-state index in [2.05, 4.69) is 26.3 Å². The summed E-state index contributed by atoms with van der Waals surface area (Å²) in [6, 6.07) is 15.6. The first-order valence-corrected chi connectivity index (χ1v) is 11.5. The Bertz CT molecular complexity index is 1160. The Hall–Kier alpha value is -3.10. The molecular formula is C24H26N4O3S. The number of hydrogen-bond donors (Lipinski definition) is 2. The monoisotopic (exact) mass is 450 g/mol. The van der Waals surface area contributed by atoms with Crippen LogP contribution in [0.3, 0.4) is 0 Å². The minimum absolute atomic E-state index is 0.133. The molecule has 2 N–H and O–H groups in total. The van der Waals surface area contributed by atoms with Crippen molar-refractivity contribution in [3.05, 3.63) is 81.3 Å². The van der Waals surface area contributed by atoms with Gasteiger partial charge in [-0.25, -0.2) is 4.98 Å². The molecule has 0 atom stereocenters. The Kier molecular flexibility index (Phi) is 6.92. The van der Waals surface area contributed by atoms with E-state index in [1.165, 1.54) is 11.8 Å². The predicted octanol–water partition coefficient (Wildman–Crippen LogP) is 3.38. The summed E-state index contributed by atoms with van der Waals surface area (Å²) < 4.78 is 5.30. The van der Waals surface area contributed by atoms with E-state index >= 15 is 0 Å². The van der Waals surface area contributed by atoms with Gasteiger partial charge in [-0.05, 0) is 36.8 Å². The zero-order valence-electron chi connectivity index (χ0n) is 18.2. The van der Waals surface area contributed by atoms with Crippen LogP contribution in [0.2, 0.25) is 0 Å². The average Bonchev–Trinajstić information content (AvgIpc) is 2.80. The molecule has 0 bridgehead atoms. The SMILES string of the molecule is COc1cccc(CN2CCc3nc(SCC(=O)Nc4ccc(C)cc4)[nH]c(=O)c3C2)c1. The van der Waals surface area contributed by atoms with Crippen LogP contribution in [-0.2, 0) is 24.3 Å². The zero-order chi connectivity index (χ0) is 22.5. The van der Waals surface area contributed by atoms with Crippen molar-refractivity contribution in [3.63, 3.8) is 0 Å². The fourth-order valence-electron chi connectivity index (χ4n) is 3.66. The number of methoxy groups -OCH3 is 1. The minimum atomic E-state index is -0.135. The number of amides is 1. The van der Waals surface area contributed by atoms with E-state index in [0.29, 0.717) is 23.7 Å². The van der Waals surface area contributed by atoms with Gasteiger partial charge in [-0.2, -0.15) is 0 Å². The minimum Gasteiger partial charge on any atom is -0.497 e. The van der Waals surface area contributed by atoms with Crippen molar-refractivity contribution >= 4 is 23.4 Å². The van der Waals surface area contributed by atoms with Crippen molar-refractivity contribution in [2.45, 2.75) is 31.6 Å².